The van der Waals surface area contributed by atoms with Gasteiger partial charge in [0, 0.05) is 31.6 Å². The van der Waals surface area contributed by atoms with Crippen molar-refractivity contribution in [1.29, 1.82) is 0 Å². The largest absolute Gasteiger partial charge is 0.353 e. The van der Waals surface area contributed by atoms with Gasteiger partial charge in [0.1, 0.15) is 0 Å². The number of fused-ring (bicyclic) bond motifs is 3. The Balaban J connectivity index is 2.00. The zero-order chi connectivity index (χ0) is 12.0. The lowest BCUT2D eigenvalue weighted by atomic mass is 10.1. The number of hydrogen-bond acceptors (Lipinski definition) is 3. The molecule has 4 nitrogen and oxygen atoms in total. The van der Waals surface area contributed by atoms with Gasteiger partial charge in [-0.3, -0.25) is 4.90 Å². The number of imidazole rings is 1. The molecule has 0 spiro atoms. The first-order valence-corrected chi connectivity index (χ1v) is 6.78. The summed E-state index contributed by atoms with van der Waals surface area (Å²) in [6, 6.07) is 1.12. The summed E-state index contributed by atoms with van der Waals surface area (Å²) >= 11 is 0. The minimum absolute atomic E-state index is 0.545. The molecule has 2 unspecified atom stereocenters. The highest BCUT2D eigenvalue weighted by molar-refractivity contribution is 5.39. The Hall–Kier alpha value is -1.03. The van der Waals surface area contributed by atoms with Gasteiger partial charge in [-0.1, -0.05) is 6.92 Å². The van der Waals surface area contributed by atoms with Gasteiger partial charge in [-0.2, -0.15) is 0 Å². The maximum atomic E-state index is 4.79. The zero-order valence-electron chi connectivity index (χ0n) is 11.0. The van der Waals surface area contributed by atoms with E-state index in [1.54, 1.807) is 0 Å². The fraction of sp³-hybridized carbons (Fsp3) is 0.769. The minimum atomic E-state index is 0.545. The van der Waals surface area contributed by atoms with E-state index in [4.69, 9.17) is 4.98 Å². The molecule has 0 saturated heterocycles. The summed E-state index contributed by atoms with van der Waals surface area (Å²) in [5.74, 6) is 1.10. The zero-order valence-corrected chi connectivity index (χ0v) is 11.0. The molecule has 0 radical (unpaired) electrons. The maximum Gasteiger partial charge on any atom is 0.203 e. The standard InChI is InChI=1S/C13H22N4/c1-4-16-6-5-11-12(8-16)17-10(3)7-9(2)14-13(17)15-11/h9-10H,4-8H2,1-3H3,(H,14,15). The fourth-order valence-corrected chi connectivity index (χ4v) is 3.18. The molecule has 2 aliphatic rings. The lowest BCUT2D eigenvalue weighted by Gasteiger charge is -2.32. The Labute approximate surface area is 103 Å². The van der Waals surface area contributed by atoms with Crippen molar-refractivity contribution in [2.75, 3.05) is 18.4 Å². The molecule has 0 amide bonds. The molecule has 0 aromatic carbocycles. The van der Waals surface area contributed by atoms with Crippen molar-refractivity contribution in [3.63, 3.8) is 0 Å². The van der Waals surface area contributed by atoms with Gasteiger partial charge < -0.3 is 9.88 Å². The summed E-state index contributed by atoms with van der Waals surface area (Å²) in [6.07, 6.45) is 2.30. The monoisotopic (exact) mass is 234 g/mol. The van der Waals surface area contributed by atoms with E-state index in [9.17, 15) is 0 Å². The smallest absolute Gasteiger partial charge is 0.203 e. The Morgan fingerprint density at radius 2 is 2.24 bits per heavy atom. The van der Waals surface area contributed by atoms with E-state index in [1.165, 1.54) is 17.8 Å². The predicted molar refractivity (Wildman–Crippen MR) is 69.3 cm³/mol. The number of rotatable bonds is 1. The molecule has 94 valence electrons. The fourth-order valence-electron chi connectivity index (χ4n) is 3.18. The summed E-state index contributed by atoms with van der Waals surface area (Å²) in [5, 5.41) is 3.51. The average molecular weight is 234 g/mol. The van der Waals surface area contributed by atoms with Crippen molar-refractivity contribution < 1.29 is 0 Å². The third-order valence-corrected chi connectivity index (χ3v) is 4.09. The van der Waals surface area contributed by atoms with E-state index in [-0.39, 0.29) is 0 Å². The Morgan fingerprint density at radius 3 is 3.00 bits per heavy atom. The summed E-state index contributed by atoms with van der Waals surface area (Å²) in [6.45, 7) is 10.2. The second-order valence-electron chi connectivity index (χ2n) is 5.45. The van der Waals surface area contributed by atoms with Crippen molar-refractivity contribution in [1.82, 2.24) is 14.5 Å². The van der Waals surface area contributed by atoms with Crippen LogP contribution in [0.5, 0.6) is 0 Å². The van der Waals surface area contributed by atoms with E-state index in [1.807, 2.05) is 0 Å². The Bertz CT molecular complexity index is 423. The van der Waals surface area contributed by atoms with Crippen molar-refractivity contribution >= 4 is 5.95 Å². The molecule has 2 atom stereocenters. The molecule has 0 saturated carbocycles. The van der Waals surface area contributed by atoms with Crippen LogP contribution in [-0.4, -0.2) is 33.6 Å². The topological polar surface area (TPSA) is 33.1 Å². The number of hydrogen-bond donors (Lipinski definition) is 1. The summed E-state index contributed by atoms with van der Waals surface area (Å²) < 4.78 is 2.43. The van der Waals surface area contributed by atoms with Gasteiger partial charge >= 0.3 is 0 Å². The molecular weight excluding hydrogens is 212 g/mol. The third kappa shape index (κ3) is 1.75. The number of likely N-dealkylation sites (N-methyl/N-ethyl adjacent to an activating group) is 1. The molecule has 0 fully saturated rings. The lowest BCUT2D eigenvalue weighted by molar-refractivity contribution is 0.254. The van der Waals surface area contributed by atoms with E-state index in [0.717, 1.165) is 32.0 Å². The van der Waals surface area contributed by atoms with Gasteiger partial charge in [-0.05, 0) is 26.8 Å². The molecule has 1 N–H and O–H groups in total. The first-order chi connectivity index (χ1) is 8.19. The van der Waals surface area contributed by atoms with Crippen molar-refractivity contribution in [3.05, 3.63) is 11.4 Å². The maximum absolute atomic E-state index is 4.79. The van der Waals surface area contributed by atoms with E-state index in [2.05, 4.69) is 35.6 Å². The summed E-state index contributed by atoms with van der Waals surface area (Å²) in [5.41, 5.74) is 2.76. The highest BCUT2D eigenvalue weighted by Gasteiger charge is 2.29. The van der Waals surface area contributed by atoms with Crippen molar-refractivity contribution in [2.24, 2.45) is 0 Å². The van der Waals surface area contributed by atoms with Gasteiger partial charge in [-0.25, -0.2) is 4.98 Å². The van der Waals surface area contributed by atoms with Crippen LogP contribution >= 0.6 is 0 Å². The van der Waals surface area contributed by atoms with E-state index < -0.39 is 0 Å². The lowest BCUT2D eigenvalue weighted by Crippen LogP contribution is -2.34. The molecule has 2 aliphatic heterocycles. The molecular formula is C13H22N4. The van der Waals surface area contributed by atoms with Crippen LogP contribution in [0.2, 0.25) is 0 Å². The first-order valence-electron chi connectivity index (χ1n) is 6.78. The number of aromatic nitrogens is 2. The highest BCUT2D eigenvalue weighted by atomic mass is 15.3. The molecule has 0 bridgehead atoms. The third-order valence-electron chi connectivity index (χ3n) is 4.09. The number of nitrogens with zero attached hydrogens (tertiary/aromatic N) is 3. The second kappa shape index (κ2) is 4.02. The van der Waals surface area contributed by atoms with Gasteiger partial charge in [0.25, 0.3) is 0 Å². The summed E-state index contributed by atoms with van der Waals surface area (Å²) in [4.78, 5) is 7.29. The van der Waals surface area contributed by atoms with Crippen molar-refractivity contribution in [3.8, 4) is 0 Å². The van der Waals surface area contributed by atoms with E-state index >= 15 is 0 Å². The molecule has 17 heavy (non-hydrogen) atoms. The van der Waals surface area contributed by atoms with Gasteiger partial charge in [0.15, 0.2) is 0 Å². The molecule has 3 rings (SSSR count). The molecule has 0 aliphatic carbocycles. The van der Waals surface area contributed by atoms with Gasteiger partial charge in [-0.15, -0.1) is 0 Å². The molecule has 1 aromatic heterocycles. The van der Waals surface area contributed by atoms with Gasteiger partial charge in [0.2, 0.25) is 5.95 Å². The second-order valence-corrected chi connectivity index (χ2v) is 5.45. The quantitative estimate of drug-likeness (QED) is 0.807. The van der Waals surface area contributed by atoms with Crippen LogP contribution in [0.4, 0.5) is 5.95 Å². The highest BCUT2D eigenvalue weighted by Crippen LogP contribution is 2.32. The van der Waals surface area contributed by atoms with Gasteiger partial charge in [0.05, 0.1) is 11.4 Å². The SMILES string of the molecule is CCN1CCc2nc3n(c2C1)C(C)CC(C)N3. The van der Waals surface area contributed by atoms with Crippen LogP contribution in [0.3, 0.4) is 0 Å². The Kier molecular flexibility index (Phi) is 2.62. The number of anilines is 1. The van der Waals surface area contributed by atoms with Crippen LogP contribution in [0.15, 0.2) is 0 Å². The van der Waals surface area contributed by atoms with Crippen LogP contribution in [-0.2, 0) is 13.0 Å². The summed E-state index contributed by atoms with van der Waals surface area (Å²) in [7, 11) is 0. The van der Waals surface area contributed by atoms with E-state index in [0.29, 0.717) is 12.1 Å². The molecule has 1 aromatic rings. The average Bonchev–Trinajstić information content (AvgIpc) is 2.65. The normalized spacial score (nSPS) is 28.4. The van der Waals surface area contributed by atoms with Crippen LogP contribution in [0.1, 0.15) is 44.6 Å². The van der Waals surface area contributed by atoms with Crippen LogP contribution in [0, 0.1) is 0 Å². The number of nitrogens with one attached hydrogen (secondary N) is 1. The molecule has 3 heterocycles. The van der Waals surface area contributed by atoms with Crippen molar-refractivity contribution in [2.45, 2.75) is 52.2 Å². The van der Waals surface area contributed by atoms with Crippen LogP contribution in [0.25, 0.3) is 0 Å². The first kappa shape index (κ1) is 11.1. The molecule has 4 heteroatoms. The Morgan fingerprint density at radius 1 is 1.41 bits per heavy atom. The van der Waals surface area contributed by atoms with Crippen LogP contribution < -0.4 is 5.32 Å². The minimum Gasteiger partial charge on any atom is -0.353 e. The predicted octanol–water partition coefficient (Wildman–Crippen LogP) is 2.03.